The Kier molecular flexibility index (Phi) is 3.36. The molecule has 0 atom stereocenters. The van der Waals surface area contributed by atoms with Crippen LogP contribution in [0.15, 0.2) is 35.2 Å². The quantitative estimate of drug-likeness (QED) is 0.916. The van der Waals surface area contributed by atoms with Gasteiger partial charge in [-0.1, -0.05) is 15.9 Å². The van der Waals surface area contributed by atoms with Crippen LogP contribution in [0.2, 0.25) is 0 Å². The summed E-state index contributed by atoms with van der Waals surface area (Å²) in [6.07, 6.45) is -2.20. The molecule has 0 amide bonds. The average Bonchev–Trinajstić information content (AvgIpc) is 2.77. The second kappa shape index (κ2) is 4.69. The second-order valence-electron chi connectivity index (χ2n) is 3.63. The highest BCUT2D eigenvalue weighted by Crippen LogP contribution is 2.35. The Hall–Kier alpha value is -1.83. The van der Waals surface area contributed by atoms with Gasteiger partial charge >= 0.3 is 12.1 Å². The molecule has 0 spiro atoms. The van der Waals surface area contributed by atoms with Crippen LogP contribution < -0.4 is 0 Å². The first-order chi connectivity index (χ1) is 8.79. The standard InChI is InChI=1S/C11H6BrF3N2O2/c12-8-2-1-6(3-7(8)11(13,14)15)17-4-9(10(18)19)16-5-17/h1-5H,(H,18,19). The molecule has 1 N–H and O–H groups in total. The van der Waals surface area contributed by atoms with Crippen LogP contribution in [0.25, 0.3) is 5.69 Å². The molecule has 0 unspecified atom stereocenters. The molecule has 0 bridgehead atoms. The third-order valence-corrected chi connectivity index (χ3v) is 3.05. The second-order valence-corrected chi connectivity index (χ2v) is 4.49. The lowest BCUT2D eigenvalue weighted by Gasteiger charge is -2.11. The Morgan fingerprint density at radius 2 is 2.05 bits per heavy atom. The molecule has 19 heavy (non-hydrogen) atoms. The molecule has 1 aromatic heterocycles. The first kappa shape index (κ1) is 13.6. The molecule has 0 fully saturated rings. The number of carboxylic acids is 1. The molecule has 1 heterocycles. The average molecular weight is 335 g/mol. The summed E-state index contributed by atoms with van der Waals surface area (Å²) in [5, 5.41) is 8.71. The number of hydrogen-bond donors (Lipinski definition) is 1. The van der Waals surface area contributed by atoms with Crippen molar-refractivity contribution in [3.05, 3.63) is 46.5 Å². The fourth-order valence-corrected chi connectivity index (χ4v) is 1.94. The highest BCUT2D eigenvalue weighted by atomic mass is 79.9. The Balaban J connectivity index is 2.48. The zero-order valence-electron chi connectivity index (χ0n) is 9.15. The highest BCUT2D eigenvalue weighted by molar-refractivity contribution is 9.10. The number of carboxylic acid groups (broad SMARTS) is 1. The number of hydrogen-bond acceptors (Lipinski definition) is 2. The topological polar surface area (TPSA) is 55.1 Å². The van der Waals surface area contributed by atoms with Crippen molar-refractivity contribution in [1.82, 2.24) is 9.55 Å². The number of benzene rings is 1. The first-order valence-corrected chi connectivity index (χ1v) is 5.73. The van der Waals surface area contributed by atoms with Crippen molar-refractivity contribution in [2.45, 2.75) is 6.18 Å². The molecular formula is C11H6BrF3N2O2. The number of carbonyl (C=O) groups is 1. The molecule has 0 aliphatic heterocycles. The minimum atomic E-state index is -4.49. The summed E-state index contributed by atoms with van der Waals surface area (Å²) in [6, 6.07) is 3.59. The third-order valence-electron chi connectivity index (χ3n) is 2.36. The van der Waals surface area contributed by atoms with Gasteiger partial charge in [0.25, 0.3) is 0 Å². The van der Waals surface area contributed by atoms with Gasteiger partial charge in [-0.25, -0.2) is 9.78 Å². The van der Waals surface area contributed by atoms with Gasteiger partial charge in [-0.2, -0.15) is 13.2 Å². The Morgan fingerprint density at radius 3 is 2.58 bits per heavy atom. The zero-order chi connectivity index (χ0) is 14.2. The Bertz CT molecular complexity index is 637. The van der Waals surface area contributed by atoms with E-state index >= 15 is 0 Å². The molecule has 0 saturated carbocycles. The van der Waals surface area contributed by atoms with Crippen molar-refractivity contribution < 1.29 is 23.1 Å². The highest BCUT2D eigenvalue weighted by Gasteiger charge is 2.33. The van der Waals surface area contributed by atoms with Crippen molar-refractivity contribution in [3.63, 3.8) is 0 Å². The van der Waals surface area contributed by atoms with Crippen LogP contribution in [0.1, 0.15) is 16.1 Å². The number of alkyl halides is 3. The normalized spacial score (nSPS) is 11.6. The maximum absolute atomic E-state index is 12.7. The van der Waals surface area contributed by atoms with Gasteiger partial charge in [0.05, 0.1) is 5.56 Å². The van der Waals surface area contributed by atoms with Crippen molar-refractivity contribution in [1.29, 1.82) is 0 Å². The van der Waals surface area contributed by atoms with E-state index in [1.54, 1.807) is 0 Å². The predicted molar refractivity (Wildman–Crippen MR) is 63.2 cm³/mol. The summed E-state index contributed by atoms with van der Waals surface area (Å²) in [5.74, 6) is -1.24. The van der Waals surface area contributed by atoms with Crippen molar-refractivity contribution in [2.75, 3.05) is 0 Å². The van der Waals surface area contributed by atoms with Gasteiger partial charge in [-0.3, -0.25) is 0 Å². The summed E-state index contributed by atoms with van der Waals surface area (Å²) in [6.45, 7) is 0. The SMILES string of the molecule is O=C(O)c1cn(-c2ccc(Br)c(C(F)(F)F)c2)cn1. The van der Waals surface area contributed by atoms with Gasteiger partial charge in [0.1, 0.15) is 6.33 Å². The summed E-state index contributed by atoms with van der Waals surface area (Å²) in [4.78, 5) is 14.2. The minimum absolute atomic E-state index is 0.0812. The van der Waals surface area contributed by atoms with Gasteiger partial charge in [-0.15, -0.1) is 0 Å². The largest absolute Gasteiger partial charge is 0.476 e. The van der Waals surface area contributed by atoms with E-state index in [1.165, 1.54) is 16.7 Å². The smallest absolute Gasteiger partial charge is 0.417 e. The fraction of sp³-hybridized carbons (Fsp3) is 0.0909. The van der Waals surface area contributed by atoms with E-state index < -0.39 is 17.7 Å². The molecule has 2 rings (SSSR count). The fourth-order valence-electron chi connectivity index (χ4n) is 1.47. The molecule has 0 radical (unpaired) electrons. The van der Waals surface area contributed by atoms with Crippen molar-refractivity contribution in [3.8, 4) is 5.69 Å². The molecule has 100 valence electrons. The number of imidazole rings is 1. The van der Waals surface area contributed by atoms with Gasteiger partial charge < -0.3 is 9.67 Å². The maximum Gasteiger partial charge on any atom is 0.417 e. The van der Waals surface area contributed by atoms with E-state index in [0.717, 1.165) is 18.6 Å². The van der Waals surface area contributed by atoms with Crippen molar-refractivity contribution >= 4 is 21.9 Å². The number of aromatic carboxylic acids is 1. The van der Waals surface area contributed by atoms with E-state index in [0.29, 0.717) is 0 Å². The number of aromatic nitrogens is 2. The predicted octanol–water partition coefficient (Wildman–Crippen LogP) is 3.35. The summed E-state index contributed by atoms with van der Waals surface area (Å²) in [7, 11) is 0. The van der Waals surface area contributed by atoms with Crippen LogP contribution in [-0.2, 0) is 6.18 Å². The van der Waals surface area contributed by atoms with Crippen LogP contribution >= 0.6 is 15.9 Å². The first-order valence-electron chi connectivity index (χ1n) is 4.93. The van der Waals surface area contributed by atoms with E-state index in [9.17, 15) is 18.0 Å². The van der Waals surface area contributed by atoms with E-state index in [-0.39, 0.29) is 15.9 Å². The maximum atomic E-state index is 12.7. The van der Waals surface area contributed by atoms with Gasteiger partial charge in [0, 0.05) is 16.4 Å². The van der Waals surface area contributed by atoms with Crippen LogP contribution in [0.3, 0.4) is 0 Å². The lowest BCUT2D eigenvalue weighted by molar-refractivity contribution is -0.138. The molecule has 2 aromatic rings. The van der Waals surface area contributed by atoms with E-state index in [4.69, 9.17) is 5.11 Å². The van der Waals surface area contributed by atoms with Gasteiger partial charge in [-0.05, 0) is 18.2 Å². The number of rotatable bonds is 2. The molecule has 1 aromatic carbocycles. The summed E-state index contributed by atoms with van der Waals surface area (Å²) < 4.78 is 39.3. The number of halogens is 4. The Labute approximate surface area is 113 Å². The Morgan fingerprint density at radius 1 is 1.37 bits per heavy atom. The lowest BCUT2D eigenvalue weighted by Crippen LogP contribution is -2.07. The molecule has 0 aliphatic rings. The molecular weight excluding hydrogens is 329 g/mol. The van der Waals surface area contributed by atoms with E-state index in [1.807, 2.05) is 0 Å². The monoisotopic (exact) mass is 334 g/mol. The zero-order valence-corrected chi connectivity index (χ0v) is 10.7. The molecule has 8 heteroatoms. The van der Waals surface area contributed by atoms with Gasteiger partial charge in [0.15, 0.2) is 5.69 Å². The minimum Gasteiger partial charge on any atom is -0.476 e. The lowest BCUT2D eigenvalue weighted by atomic mass is 10.2. The van der Waals surface area contributed by atoms with Crippen LogP contribution in [0.4, 0.5) is 13.2 Å². The molecule has 0 aliphatic carbocycles. The molecule has 4 nitrogen and oxygen atoms in total. The van der Waals surface area contributed by atoms with Crippen LogP contribution in [0, 0.1) is 0 Å². The van der Waals surface area contributed by atoms with Gasteiger partial charge in [0.2, 0.25) is 0 Å². The summed E-state index contributed by atoms with van der Waals surface area (Å²) >= 11 is 2.83. The summed E-state index contributed by atoms with van der Waals surface area (Å²) in [5.41, 5.74) is -0.900. The third kappa shape index (κ3) is 2.78. The van der Waals surface area contributed by atoms with Crippen molar-refractivity contribution in [2.24, 2.45) is 0 Å². The van der Waals surface area contributed by atoms with Crippen LogP contribution in [-0.4, -0.2) is 20.6 Å². The van der Waals surface area contributed by atoms with E-state index in [2.05, 4.69) is 20.9 Å². The molecule has 0 saturated heterocycles. The van der Waals surface area contributed by atoms with Crippen LogP contribution in [0.5, 0.6) is 0 Å². The number of nitrogens with zero attached hydrogens (tertiary/aromatic N) is 2.